The first-order valence-electron chi connectivity index (χ1n) is 12.4. The van der Waals surface area contributed by atoms with Crippen molar-refractivity contribution in [3.05, 3.63) is 0 Å². The third kappa shape index (κ3) is 16.8. The summed E-state index contributed by atoms with van der Waals surface area (Å²) in [6, 6.07) is -4.52. The molecule has 3 amide bonds. The number of hydrogen-bond acceptors (Lipinski definition) is 9. The van der Waals surface area contributed by atoms with E-state index in [4.69, 9.17) is 40.1 Å². The van der Waals surface area contributed by atoms with Gasteiger partial charge in [-0.25, -0.2) is 4.79 Å². The van der Waals surface area contributed by atoms with E-state index in [1.54, 1.807) is 0 Å². The first-order chi connectivity index (χ1) is 18.8. The van der Waals surface area contributed by atoms with Crippen LogP contribution in [-0.2, 0) is 19.2 Å². The number of carbonyl (C=O) groups excluding carboxylic acids is 3. The van der Waals surface area contributed by atoms with Crippen molar-refractivity contribution in [1.82, 2.24) is 16.0 Å². The van der Waals surface area contributed by atoms with Gasteiger partial charge in [-0.3, -0.25) is 29.4 Å². The van der Waals surface area contributed by atoms with Gasteiger partial charge in [-0.15, -0.1) is 0 Å². The topological polar surface area (TPSA) is 344 Å². The summed E-state index contributed by atoms with van der Waals surface area (Å²) in [5.74, 6) is -3.85. The van der Waals surface area contributed by atoms with Gasteiger partial charge in [0.05, 0.1) is 6.04 Å². The molecule has 0 radical (unpaired) electrons. The fraction of sp³-hybridized carbons (Fsp3) is 0.667. The van der Waals surface area contributed by atoms with Crippen LogP contribution in [0.25, 0.3) is 0 Å². The molecule has 0 aliphatic rings. The number of guanidine groups is 3. The molecule has 18 N–H and O–H groups in total. The highest BCUT2D eigenvalue weighted by molar-refractivity contribution is 7.80. The Balaban J connectivity index is 5.36. The lowest BCUT2D eigenvalue weighted by molar-refractivity contribution is -0.142. The summed E-state index contributed by atoms with van der Waals surface area (Å²) in [7, 11) is 0. The maximum Gasteiger partial charge on any atom is 0.326 e. The van der Waals surface area contributed by atoms with E-state index in [0.29, 0.717) is 6.42 Å². The van der Waals surface area contributed by atoms with Crippen LogP contribution in [0.3, 0.4) is 0 Å². The Kier molecular flexibility index (Phi) is 18.0. The van der Waals surface area contributed by atoms with Crippen LogP contribution >= 0.6 is 12.6 Å². The van der Waals surface area contributed by atoms with Crippen molar-refractivity contribution in [1.29, 1.82) is 0 Å². The second-order valence-corrected chi connectivity index (χ2v) is 9.02. The number of aliphatic carboxylic acids is 1. The molecule has 18 nitrogen and oxygen atoms in total. The molecule has 0 spiro atoms. The summed E-state index contributed by atoms with van der Waals surface area (Å²) in [4.78, 5) is 61.5. The van der Waals surface area contributed by atoms with E-state index >= 15 is 0 Å². The minimum Gasteiger partial charge on any atom is -0.480 e. The zero-order chi connectivity index (χ0) is 30.7. The second-order valence-electron chi connectivity index (χ2n) is 8.66. The average molecular weight is 590 g/mol. The average Bonchev–Trinajstić information content (AvgIpc) is 2.87. The molecule has 0 heterocycles. The summed E-state index contributed by atoms with van der Waals surface area (Å²) in [5.41, 5.74) is 37.5. The molecule has 0 fully saturated rings. The van der Waals surface area contributed by atoms with Crippen LogP contribution in [0.4, 0.5) is 0 Å². The molecule has 0 bridgehead atoms. The first kappa shape index (κ1) is 36.0. The van der Waals surface area contributed by atoms with Crippen molar-refractivity contribution < 1.29 is 24.3 Å². The number of nitrogens with two attached hydrogens (primary N) is 7. The highest BCUT2D eigenvalue weighted by Crippen LogP contribution is 2.05. The van der Waals surface area contributed by atoms with Gasteiger partial charge < -0.3 is 61.2 Å². The lowest BCUT2D eigenvalue weighted by Crippen LogP contribution is -2.57. The second kappa shape index (κ2) is 20.0. The normalized spacial score (nSPS) is 13.4. The van der Waals surface area contributed by atoms with Gasteiger partial charge in [-0.1, -0.05) is 0 Å². The van der Waals surface area contributed by atoms with Crippen LogP contribution in [0.2, 0.25) is 0 Å². The van der Waals surface area contributed by atoms with Crippen molar-refractivity contribution >= 4 is 54.2 Å². The molecule has 0 aromatic carbocycles. The third-order valence-electron chi connectivity index (χ3n) is 5.26. The zero-order valence-electron chi connectivity index (χ0n) is 22.3. The van der Waals surface area contributed by atoms with Crippen LogP contribution in [0.1, 0.15) is 38.5 Å². The lowest BCUT2D eigenvalue weighted by Gasteiger charge is -2.24. The van der Waals surface area contributed by atoms with E-state index in [2.05, 4.69) is 43.6 Å². The highest BCUT2D eigenvalue weighted by atomic mass is 32.1. The number of hydrogen-bond donors (Lipinski definition) is 12. The summed E-state index contributed by atoms with van der Waals surface area (Å²) in [6.07, 6.45) is 1.32. The quantitative estimate of drug-likeness (QED) is 0.0274. The number of aliphatic imine (C=N–C) groups is 3. The summed E-state index contributed by atoms with van der Waals surface area (Å²) in [5, 5.41) is 17.0. The Morgan fingerprint density at radius 1 is 0.625 bits per heavy atom. The van der Waals surface area contributed by atoms with E-state index in [9.17, 15) is 24.3 Å². The zero-order valence-corrected chi connectivity index (χ0v) is 23.2. The smallest absolute Gasteiger partial charge is 0.326 e. The minimum absolute atomic E-state index is 0.0307. The van der Waals surface area contributed by atoms with Crippen molar-refractivity contribution in [2.24, 2.45) is 55.1 Å². The molecule has 19 heteroatoms. The van der Waals surface area contributed by atoms with Crippen LogP contribution in [0, 0.1) is 0 Å². The van der Waals surface area contributed by atoms with E-state index in [1.165, 1.54) is 0 Å². The molecule has 4 unspecified atom stereocenters. The van der Waals surface area contributed by atoms with Gasteiger partial charge in [0.1, 0.15) is 18.1 Å². The van der Waals surface area contributed by atoms with Gasteiger partial charge in [0.25, 0.3) is 0 Å². The third-order valence-corrected chi connectivity index (χ3v) is 5.62. The number of carboxylic acid groups (broad SMARTS) is 1. The predicted octanol–water partition coefficient (Wildman–Crippen LogP) is -5.06. The fourth-order valence-electron chi connectivity index (χ4n) is 3.20. The molecular weight excluding hydrogens is 546 g/mol. The summed E-state index contributed by atoms with van der Waals surface area (Å²) in [6.45, 7) is 0.604. The van der Waals surface area contributed by atoms with Gasteiger partial charge in [0, 0.05) is 25.4 Å². The molecule has 40 heavy (non-hydrogen) atoms. The maximum atomic E-state index is 13.0. The fourth-order valence-corrected chi connectivity index (χ4v) is 3.46. The van der Waals surface area contributed by atoms with E-state index < -0.39 is 47.9 Å². The number of carboxylic acids is 1. The molecule has 0 aliphatic carbocycles. The summed E-state index contributed by atoms with van der Waals surface area (Å²) >= 11 is 4.12. The molecule has 0 rings (SSSR count). The molecule has 0 aliphatic heterocycles. The summed E-state index contributed by atoms with van der Waals surface area (Å²) < 4.78 is 0. The van der Waals surface area contributed by atoms with Crippen LogP contribution < -0.4 is 56.1 Å². The molecule has 0 aromatic rings. The lowest BCUT2D eigenvalue weighted by atomic mass is 10.1. The van der Waals surface area contributed by atoms with Crippen molar-refractivity contribution in [2.75, 3.05) is 25.4 Å². The maximum absolute atomic E-state index is 13.0. The number of rotatable bonds is 20. The Labute approximate surface area is 237 Å². The largest absolute Gasteiger partial charge is 0.480 e. The number of thiol groups is 1. The molecule has 0 saturated heterocycles. The van der Waals surface area contributed by atoms with Crippen LogP contribution in [0.5, 0.6) is 0 Å². The van der Waals surface area contributed by atoms with Crippen molar-refractivity contribution in [3.8, 4) is 0 Å². The highest BCUT2D eigenvalue weighted by Gasteiger charge is 2.29. The molecule has 0 aromatic heterocycles. The SMILES string of the molecule is NC(N)=NCCCC(N)C(=O)NC(CS)C(=O)NC(CCCN=C(N)N)C(=O)NC(CCCN=C(N)N)C(=O)O. The standard InChI is InChI=1S/C21H43N13O5S/c22-11(4-1-7-29-19(23)24)15(35)34-14(10-40)17(37)32-12(5-2-8-30-20(25)26)16(36)33-13(18(38)39)6-3-9-31-21(27)28/h11-14,40H,1-10,22H2,(H,32,37)(H,33,36)(H,34,35)(H,38,39)(H4,23,24,29)(H4,25,26,30)(H4,27,28,31). The van der Waals surface area contributed by atoms with Gasteiger partial charge in [0.2, 0.25) is 17.7 Å². The van der Waals surface area contributed by atoms with Crippen LogP contribution in [0.15, 0.2) is 15.0 Å². The Morgan fingerprint density at radius 3 is 1.43 bits per heavy atom. The molecule has 228 valence electrons. The molecule has 0 saturated carbocycles. The van der Waals surface area contributed by atoms with Gasteiger partial charge in [-0.05, 0) is 38.5 Å². The Hall–Kier alpha value is -4.00. The van der Waals surface area contributed by atoms with Gasteiger partial charge in [0.15, 0.2) is 17.9 Å². The monoisotopic (exact) mass is 589 g/mol. The van der Waals surface area contributed by atoms with Crippen molar-refractivity contribution in [3.63, 3.8) is 0 Å². The number of nitrogens with zero attached hydrogens (tertiary/aromatic N) is 3. The van der Waals surface area contributed by atoms with Gasteiger partial charge >= 0.3 is 5.97 Å². The molecule has 4 atom stereocenters. The predicted molar refractivity (Wildman–Crippen MR) is 155 cm³/mol. The number of carbonyl (C=O) groups is 4. The van der Waals surface area contributed by atoms with E-state index in [1.807, 2.05) is 0 Å². The van der Waals surface area contributed by atoms with E-state index in [-0.39, 0.29) is 75.4 Å². The number of amides is 3. The Morgan fingerprint density at radius 2 is 1.00 bits per heavy atom. The Bertz CT molecular complexity index is 919. The number of nitrogens with one attached hydrogen (secondary N) is 3. The first-order valence-corrected chi connectivity index (χ1v) is 13.1. The van der Waals surface area contributed by atoms with Gasteiger partial charge in [-0.2, -0.15) is 12.6 Å². The van der Waals surface area contributed by atoms with Crippen molar-refractivity contribution in [2.45, 2.75) is 62.7 Å². The minimum atomic E-state index is -1.28. The van der Waals surface area contributed by atoms with Crippen LogP contribution in [-0.4, -0.2) is 96.2 Å². The molecular formula is C21H43N13O5S. The van der Waals surface area contributed by atoms with E-state index in [0.717, 1.165) is 0 Å².